The summed E-state index contributed by atoms with van der Waals surface area (Å²) in [4.78, 5) is 13.6. The molecule has 0 heterocycles. The second-order valence-corrected chi connectivity index (χ2v) is 5.61. The minimum absolute atomic E-state index is 0.0941. The Balaban J connectivity index is 1.86. The van der Waals surface area contributed by atoms with E-state index in [1.54, 1.807) is 0 Å². The zero-order valence-electron chi connectivity index (χ0n) is 12.6. The van der Waals surface area contributed by atoms with Gasteiger partial charge in [-0.3, -0.25) is 4.79 Å². The highest BCUT2D eigenvalue weighted by molar-refractivity contribution is 5.69. The third-order valence-electron chi connectivity index (χ3n) is 4.03. The Morgan fingerprint density at radius 3 is 3.00 bits per heavy atom. The fraction of sp³-hybridized carbons (Fsp3) is 0.588. The van der Waals surface area contributed by atoms with Gasteiger partial charge in [0.2, 0.25) is 0 Å². The van der Waals surface area contributed by atoms with Crippen LogP contribution in [0.25, 0.3) is 0 Å². The van der Waals surface area contributed by atoms with Crippen LogP contribution in [-0.4, -0.2) is 37.6 Å². The maximum Gasteiger partial charge on any atom is 0.307 e. The molecule has 3 nitrogen and oxygen atoms in total. The average Bonchev–Trinajstić information content (AvgIpc) is 2.46. The van der Waals surface area contributed by atoms with Crippen LogP contribution < -0.4 is 0 Å². The molecule has 1 atom stereocenters. The van der Waals surface area contributed by atoms with Crippen LogP contribution in [-0.2, 0) is 16.0 Å². The summed E-state index contributed by atoms with van der Waals surface area (Å²) in [5.74, 6) is 0.510. The topological polar surface area (TPSA) is 29.5 Å². The fourth-order valence-electron chi connectivity index (χ4n) is 3.03. The van der Waals surface area contributed by atoms with Gasteiger partial charge in [-0.25, -0.2) is 0 Å². The monoisotopic (exact) mass is 275 g/mol. The van der Waals surface area contributed by atoms with Crippen LogP contribution in [0.2, 0.25) is 0 Å². The van der Waals surface area contributed by atoms with E-state index in [1.807, 2.05) is 6.92 Å². The molecular weight excluding hydrogens is 250 g/mol. The molecular formula is C17H25NO2. The Labute approximate surface area is 121 Å². The van der Waals surface area contributed by atoms with Crippen molar-refractivity contribution in [1.29, 1.82) is 0 Å². The molecule has 0 saturated heterocycles. The Bertz CT molecular complexity index is 444. The summed E-state index contributed by atoms with van der Waals surface area (Å²) in [5, 5.41) is 0. The highest BCUT2D eigenvalue weighted by Gasteiger charge is 2.21. The van der Waals surface area contributed by atoms with Crippen LogP contribution in [0.1, 0.15) is 43.2 Å². The van der Waals surface area contributed by atoms with E-state index < -0.39 is 0 Å². The summed E-state index contributed by atoms with van der Waals surface area (Å²) in [6, 6.07) is 8.78. The molecule has 20 heavy (non-hydrogen) atoms. The molecule has 0 aliphatic heterocycles. The van der Waals surface area contributed by atoms with E-state index in [0.717, 1.165) is 13.1 Å². The fourth-order valence-corrected chi connectivity index (χ4v) is 3.03. The highest BCUT2D eigenvalue weighted by Crippen LogP contribution is 2.31. The van der Waals surface area contributed by atoms with Crippen molar-refractivity contribution >= 4 is 5.97 Å². The zero-order valence-corrected chi connectivity index (χ0v) is 12.6. The smallest absolute Gasteiger partial charge is 0.307 e. The quantitative estimate of drug-likeness (QED) is 0.748. The van der Waals surface area contributed by atoms with Gasteiger partial charge in [0.05, 0.1) is 13.0 Å². The lowest BCUT2D eigenvalue weighted by molar-refractivity contribution is -0.143. The number of likely N-dealkylation sites (N-methyl/N-ethyl adjacent to an activating group) is 1. The number of fused-ring (bicyclic) bond motifs is 1. The molecule has 110 valence electrons. The first-order valence-electron chi connectivity index (χ1n) is 7.62. The number of carbonyl (C=O) groups excluding carboxylic acids is 1. The number of rotatable bonds is 6. The third-order valence-corrected chi connectivity index (χ3v) is 4.03. The first-order chi connectivity index (χ1) is 9.70. The first kappa shape index (κ1) is 15.0. The third kappa shape index (κ3) is 4.07. The Morgan fingerprint density at radius 1 is 1.40 bits per heavy atom. The first-order valence-corrected chi connectivity index (χ1v) is 7.62. The maximum absolute atomic E-state index is 11.4. The lowest BCUT2D eigenvalue weighted by atomic mass is 9.82. The van der Waals surface area contributed by atoms with Crippen LogP contribution in [0.15, 0.2) is 24.3 Å². The number of carbonyl (C=O) groups is 1. The van der Waals surface area contributed by atoms with Gasteiger partial charge >= 0.3 is 5.97 Å². The molecule has 0 N–H and O–H groups in total. The van der Waals surface area contributed by atoms with E-state index in [0.29, 0.717) is 18.9 Å². The minimum atomic E-state index is -0.0941. The minimum Gasteiger partial charge on any atom is -0.466 e. The van der Waals surface area contributed by atoms with Crippen molar-refractivity contribution in [3.8, 4) is 0 Å². The number of hydrogen-bond donors (Lipinski definition) is 0. The van der Waals surface area contributed by atoms with Crippen molar-refractivity contribution in [2.45, 2.75) is 38.5 Å². The van der Waals surface area contributed by atoms with Gasteiger partial charge in [-0.1, -0.05) is 24.3 Å². The molecule has 1 aromatic rings. The predicted octanol–water partition coefficient (Wildman–Crippen LogP) is 2.99. The van der Waals surface area contributed by atoms with Gasteiger partial charge in [0.15, 0.2) is 0 Å². The van der Waals surface area contributed by atoms with Gasteiger partial charge in [0.1, 0.15) is 0 Å². The number of hydrogen-bond acceptors (Lipinski definition) is 3. The van der Waals surface area contributed by atoms with Gasteiger partial charge in [-0.2, -0.15) is 0 Å². The van der Waals surface area contributed by atoms with Crippen molar-refractivity contribution in [1.82, 2.24) is 4.90 Å². The second-order valence-electron chi connectivity index (χ2n) is 5.61. The number of nitrogens with zero attached hydrogens (tertiary/aromatic N) is 1. The molecule has 0 radical (unpaired) electrons. The van der Waals surface area contributed by atoms with Gasteiger partial charge < -0.3 is 9.64 Å². The summed E-state index contributed by atoms with van der Waals surface area (Å²) in [5.41, 5.74) is 3.00. The lowest BCUT2D eigenvalue weighted by Gasteiger charge is -2.29. The van der Waals surface area contributed by atoms with Crippen LogP contribution in [0.4, 0.5) is 0 Å². The van der Waals surface area contributed by atoms with E-state index in [4.69, 9.17) is 4.74 Å². The molecule has 1 aromatic carbocycles. The van der Waals surface area contributed by atoms with E-state index in [2.05, 4.69) is 36.2 Å². The van der Waals surface area contributed by atoms with E-state index in [-0.39, 0.29) is 5.97 Å². The molecule has 0 fully saturated rings. The molecule has 0 spiro atoms. The highest BCUT2D eigenvalue weighted by atomic mass is 16.5. The zero-order chi connectivity index (χ0) is 14.4. The summed E-state index contributed by atoms with van der Waals surface area (Å²) in [7, 11) is 2.09. The van der Waals surface area contributed by atoms with Gasteiger partial charge in [0, 0.05) is 13.1 Å². The summed E-state index contributed by atoms with van der Waals surface area (Å²) in [6.45, 7) is 4.12. The number of aryl methyl sites for hydroxylation is 1. The summed E-state index contributed by atoms with van der Waals surface area (Å²) < 4.78 is 4.97. The van der Waals surface area contributed by atoms with E-state index in [1.165, 1.54) is 30.4 Å². The van der Waals surface area contributed by atoms with Crippen LogP contribution in [0.5, 0.6) is 0 Å². The summed E-state index contributed by atoms with van der Waals surface area (Å²) >= 11 is 0. The molecule has 0 bridgehead atoms. The Morgan fingerprint density at radius 2 is 2.20 bits per heavy atom. The van der Waals surface area contributed by atoms with Gasteiger partial charge in [-0.05, 0) is 50.3 Å². The summed E-state index contributed by atoms with van der Waals surface area (Å²) in [6.07, 6.45) is 4.21. The lowest BCUT2D eigenvalue weighted by Crippen LogP contribution is -2.29. The molecule has 1 unspecified atom stereocenters. The molecule has 2 rings (SSSR count). The van der Waals surface area contributed by atoms with Gasteiger partial charge in [0.25, 0.3) is 0 Å². The normalized spacial score (nSPS) is 17.9. The maximum atomic E-state index is 11.4. The van der Waals surface area contributed by atoms with Gasteiger partial charge in [-0.15, -0.1) is 0 Å². The standard InChI is InChI=1S/C17H25NO2/c1-3-20-17(19)11-12-18(2)13-15-9-6-8-14-7-4-5-10-16(14)15/h4-5,7,10,15H,3,6,8-9,11-13H2,1-2H3. The molecule has 1 aliphatic rings. The van der Waals surface area contributed by atoms with Crippen molar-refractivity contribution < 1.29 is 9.53 Å². The van der Waals surface area contributed by atoms with Crippen LogP contribution in [0.3, 0.4) is 0 Å². The number of esters is 1. The Hall–Kier alpha value is -1.35. The van der Waals surface area contributed by atoms with Crippen molar-refractivity contribution in [3.05, 3.63) is 35.4 Å². The molecule has 0 amide bonds. The van der Waals surface area contributed by atoms with Crippen molar-refractivity contribution in [3.63, 3.8) is 0 Å². The average molecular weight is 275 g/mol. The Kier molecular flexibility index (Phi) is 5.60. The second kappa shape index (κ2) is 7.44. The SMILES string of the molecule is CCOC(=O)CCN(C)CC1CCCc2ccccc21. The van der Waals surface area contributed by atoms with Crippen LogP contribution in [0, 0.1) is 0 Å². The van der Waals surface area contributed by atoms with E-state index in [9.17, 15) is 4.79 Å². The predicted molar refractivity (Wildman–Crippen MR) is 80.9 cm³/mol. The van der Waals surface area contributed by atoms with Crippen molar-refractivity contribution in [2.24, 2.45) is 0 Å². The number of ether oxygens (including phenoxy) is 1. The molecule has 0 aromatic heterocycles. The largest absolute Gasteiger partial charge is 0.466 e. The van der Waals surface area contributed by atoms with Crippen LogP contribution >= 0.6 is 0 Å². The molecule has 1 aliphatic carbocycles. The van der Waals surface area contributed by atoms with Crippen molar-refractivity contribution in [2.75, 3.05) is 26.7 Å². The van der Waals surface area contributed by atoms with E-state index >= 15 is 0 Å². The number of benzene rings is 1. The molecule has 0 saturated carbocycles. The molecule has 3 heteroatoms.